The molecule has 1 aromatic rings. The molecule has 0 saturated heterocycles. The Morgan fingerprint density at radius 1 is 1.47 bits per heavy atom. The van der Waals surface area contributed by atoms with Gasteiger partial charge >= 0.3 is 0 Å². The van der Waals surface area contributed by atoms with Crippen molar-refractivity contribution in [1.29, 1.82) is 0 Å². The Morgan fingerprint density at radius 3 is 2.80 bits per heavy atom. The molecule has 0 aromatic carbocycles. The number of nitrogens with zero attached hydrogens (tertiary/aromatic N) is 2. The smallest absolute Gasteiger partial charge is 0.244 e. The number of rotatable bonds is 4. The maximum Gasteiger partial charge on any atom is 0.244 e. The van der Waals surface area contributed by atoms with Crippen molar-refractivity contribution in [3.05, 3.63) is 11.8 Å². The van der Waals surface area contributed by atoms with Crippen molar-refractivity contribution in [3.63, 3.8) is 0 Å². The second kappa shape index (κ2) is 4.28. The fraction of sp³-hybridized carbons (Fsp3) is 0.800. The molecule has 1 aliphatic rings. The van der Waals surface area contributed by atoms with E-state index >= 15 is 0 Å². The van der Waals surface area contributed by atoms with Crippen LogP contribution < -0.4 is 5.32 Å². The molecule has 1 fully saturated rings. The van der Waals surface area contributed by atoms with E-state index in [0.717, 1.165) is 18.7 Å². The third-order valence-electron chi connectivity index (χ3n) is 3.05. The highest BCUT2D eigenvalue weighted by Gasteiger charge is 2.33. The molecule has 0 spiro atoms. The molecule has 15 heavy (non-hydrogen) atoms. The monoisotopic (exact) mass is 211 g/mol. The van der Waals surface area contributed by atoms with E-state index in [1.165, 1.54) is 0 Å². The summed E-state index contributed by atoms with van der Waals surface area (Å²) < 4.78 is 10.7. The third kappa shape index (κ3) is 2.03. The van der Waals surface area contributed by atoms with Crippen molar-refractivity contribution in [2.24, 2.45) is 0 Å². The average Bonchev–Trinajstić information content (AvgIpc) is 2.64. The van der Waals surface area contributed by atoms with Gasteiger partial charge in [0.2, 0.25) is 11.8 Å². The number of hydrogen-bond acceptors (Lipinski definition) is 5. The Hall–Kier alpha value is -0.940. The first-order chi connectivity index (χ1) is 7.24. The third-order valence-corrected chi connectivity index (χ3v) is 3.05. The molecule has 1 aliphatic carbocycles. The average molecular weight is 211 g/mol. The lowest BCUT2D eigenvalue weighted by atomic mass is 9.80. The van der Waals surface area contributed by atoms with Gasteiger partial charge in [-0.2, -0.15) is 0 Å². The van der Waals surface area contributed by atoms with Crippen LogP contribution in [-0.2, 0) is 4.74 Å². The van der Waals surface area contributed by atoms with Crippen molar-refractivity contribution in [1.82, 2.24) is 15.5 Å². The highest BCUT2D eigenvalue weighted by molar-refractivity contribution is 5.02. The zero-order valence-electron chi connectivity index (χ0n) is 9.36. The van der Waals surface area contributed by atoms with Gasteiger partial charge in [-0.15, -0.1) is 10.2 Å². The summed E-state index contributed by atoms with van der Waals surface area (Å²) in [6.07, 6.45) is 2.05. The van der Waals surface area contributed by atoms with Gasteiger partial charge in [0.1, 0.15) is 6.10 Å². The van der Waals surface area contributed by atoms with Crippen molar-refractivity contribution < 1.29 is 9.15 Å². The quantitative estimate of drug-likeness (QED) is 0.812. The first kappa shape index (κ1) is 10.6. The van der Waals surface area contributed by atoms with E-state index in [9.17, 15) is 0 Å². The van der Waals surface area contributed by atoms with Crippen LogP contribution in [-0.4, -0.2) is 30.4 Å². The van der Waals surface area contributed by atoms with Crippen LogP contribution in [0.5, 0.6) is 0 Å². The molecule has 0 amide bonds. The van der Waals surface area contributed by atoms with Crippen molar-refractivity contribution in [2.45, 2.75) is 37.8 Å². The standard InChI is InChI=1S/C10H17N3O2/c1-6(14-3)9-12-13-10(15-9)7-4-8(5-7)11-2/h6-8,11H,4-5H2,1-3H3/t6-,7?,8?/m1/s1. The first-order valence-corrected chi connectivity index (χ1v) is 5.28. The van der Waals surface area contributed by atoms with Crippen molar-refractivity contribution in [2.75, 3.05) is 14.2 Å². The van der Waals surface area contributed by atoms with E-state index in [4.69, 9.17) is 9.15 Å². The van der Waals surface area contributed by atoms with Crippen LogP contribution in [0.15, 0.2) is 4.42 Å². The number of hydrogen-bond donors (Lipinski definition) is 1. The number of nitrogens with one attached hydrogen (secondary N) is 1. The minimum absolute atomic E-state index is 0.119. The van der Waals surface area contributed by atoms with Gasteiger partial charge in [0.25, 0.3) is 0 Å². The predicted octanol–water partition coefficient (Wildman–Crippen LogP) is 1.24. The maximum absolute atomic E-state index is 5.56. The summed E-state index contributed by atoms with van der Waals surface area (Å²) in [6.45, 7) is 1.90. The van der Waals surface area contributed by atoms with E-state index in [1.807, 2.05) is 14.0 Å². The van der Waals surface area contributed by atoms with Gasteiger partial charge in [-0.05, 0) is 26.8 Å². The van der Waals surface area contributed by atoms with Gasteiger partial charge in [0.05, 0.1) is 0 Å². The van der Waals surface area contributed by atoms with E-state index in [0.29, 0.717) is 17.9 Å². The SMILES string of the molecule is CNC1CC(c2nnc([C@@H](C)OC)o2)C1. The highest BCUT2D eigenvalue weighted by atomic mass is 16.5. The normalized spacial score (nSPS) is 27.4. The van der Waals surface area contributed by atoms with E-state index < -0.39 is 0 Å². The molecule has 84 valence electrons. The molecule has 1 saturated carbocycles. The Bertz CT molecular complexity index is 320. The molecule has 1 aromatic heterocycles. The van der Waals surface area contributed by atoms with Gasteiger partial charge in [0, 0.05) is 19.1 Å². The lowest BCUT2D eigenvalue weighted by Gasteiger charge is -2.32. The Balaban J connectivity index is 1.96. The predicted molar refractivity (Wildman–Crippen MR) is 54.5 cm³/mol. The van der Waals surface area contributed by atoms with Crippen LogP contribution in [0.25, 0.3) is 0 Å². The lowest BCUT2D eigenvalue weighted by molar-refractivity contribution is 0.0918. The number of aromatic nitrogens is 2. The lowest BCUT2D eigenvalue weighted by Crippen LogP contribution is -2.37. The van der Waals surface area contributed by atoms with Gasteiger partial charge in [-0.3, -0.25) is 0 Å². The molecule has 5 heteroatoms. The number of methoxy groups -OCH3 is 1. The van der Waals surface area contributed by atoms with Gasteiger partial charge < -0.3 is 14.5 Å². The van der Waals surface area contributed by atoms with Crippen LogP contribution >= 0.6 is 0 Å². The van der Waals surface area contributed by atoms with Crippen molar-refractivity contribution >= 4 is 0 Å². The zero-order chi connectivity index (χ0) is 10.8. The van der Waals surface area contributed by atoms with Crippen molar-refractivity contribution in [3.8, 4) is 0 Å². The molecular weight excluding hydrogens is 194 g/mol. The summed E-state index contributed by atoms with van der Waals surface area (Å²) in [5.41, 5.74) is 0. The molecule has 1 atom stereocenters. The zero-order valence-corrected chi connectivity index (χ0v) is 9.36. The maximum atomic E-state index is 5.56. The summed E-state index contributed by atoms with van der Waals surface area (Å²) in [5.74, 6) is 1.74. The second-order valence-electron chi connectivity index (χ2n) is 4.01. The fourth-order valence-corrected chi connectivity index (χ4v) is 1.73. The summed E-state index contributed by atoms with van der Waals surface area (Å²) in [5, 5.41) is 11.3. The van der Waals surface area contributed by atoms with Crippen LogP contribution in [0.4, 0.5) is 0 Å². The minimum Gasteiger partial charge on any atom is -0.422 e. The molecular formula is C10H17N3O2. The summed E-state index contributed by atoms with van der Waals surface area (Å²) in [7, 11) is 3.61. The Kier molecular flexibility index (Phi) is 3.02. The fourth-order valence-electron chi connectivity index (χ4n) is 1.73. The van der Waals surface area contributed by atoms with Gasteiger partial charge in [0.15, 0.2) is 0 Å². The topological polar surface area (TPSA) is 60.2 Å². The van der Waals surface area contributed by atoms with E-state index in [2.05, 4.69) is 15.5 Å². The molecule has 0 radical (unpaired) electrons. The van der Waals surface area contributed by atoms with Crippen LogP contribution in [0, 0.1) is 0 Å². The highest BCUT2D eigenvalue weighted by Crippen LogP contribution is 2.36. The molecule has 1 N–H and O–H groups in total. The molecule has 1 heterocycles. The number of ether oxygens (including phenoxy) is 1. The Morgan fingerprint density at radius 2 is 2.20 bits per heavy atom. The summed E-state index contributed by atoms with van der Waals surface area (Å²) >= 11 is 0. The Labute approximate surface area is 89.2 Å². The molecule has 0 unspecified atom stereocenters. The largest absolute Gasteiger partial charge is 0.422 e. The van der Waals surface area contributed by atoms with E-state index in [-0.39, 0.29) is 6.10 Å². The summed E-state index contributed by atoms with van der Waals surface area (Å²) in [6, 6.07) is 0.602. The molecule has 0 bridgehead atoms. The molecule has 5 nitrogen and oxygen atoms in total. The first-order valence-electron chi connectivity index (χ1n) is 5.28. The summed E-state index contributed by atoms with van der Waals surface area (Å²) in [4.78, 5) is 0. The van der Waals surface area contributed by atoms with E-state index in [1.54, 1.807) is 7.11 Å². The second-order valence-corrected chi connectivity index (χ2v) is 4.01. The van der Waals surface area contributed by atoms with Gasteiger partial charge in [-0.25, -0.2) is 0 Å². The minimum atomic E-state index is -0.119. The van der Waals surface area contributed by atoms with Crippen LogP contribution in [0.1, 0.15) is 43.6 Å². The molecule has 0 aliphatic heterocycles. The van der Waals surface area contributed by atoms with Crippen LogP contribution in [0.2, 0.25) is 0 Å². The van der Waals surface area contributed by atoms with Gasteiger partial charge in [-0.1, -0.05) is 0 Å². The van der Waals surface area contributed by atoms with Crippen LogP contribution in [0.3, 0.4) is 0 Å². The molecule has 2 rings (SSSR count).